The molecule has 180 valence electrons. The number of nitrogens with zero attached hydrogens (tertiary/aromatic N) is 3. The monoisotopic (exact) mass is 467 g/mol. The van der Waals surface area contributed by atoms with E-state index >= 15 is 0 Å². The van der Waals surface area contributed by atoms with Crippen LogP contribution in [0.15, 0.2) is 47.1 Å². The Morgan fingerprint density at radius 3 is 2.53 bits per heavy atom. The molecule has 1 aromatic heterocycles. The van der Waals surface area contributed by atoms with Crippen LogP contribution < -0.4 is 10.6 Å². The summed E-state index contributed by atoms with van der Waals surface area (Å²) in [6.45, 7) is 4.76. The highest BCUT2D eigenvalue weighted by atomic mass is 16.3. The molecule has 3 heterocycles. The molecule has 0 spiro atoms. The molecular formula is C24H29N5O5. The fraction of sp³-hybridized carbons (Fsp3) is 0.417. The number of hydrogen-bond acceptors (Lipinski definition) is 6. The summed E-state index contributed by atoms with van der Waals surface area (Å²) in [5, 5.41) is 5.59. The standard InChI is InChI=1S/C24H29N5O5/c1-17-5-2-3-6-18(17)26-21(30)15-19-23(32)25-8-9-29(19)22(31)16-27-10-12-28(13-11-27)24(33)20-7-4-14-34-20/h2-7,14,19H,8-13,15-16H2,1H3,(H,25,32)(H,26,30)/t19-/m0/s1. The van der Waals surface area contributed by atoms with Gasteiger partial charge in [0, 0.05) is 45.0 Å². The molecule has 10 nitrogen and oxygen atoms in total. The van der Waals surface area contributed by atoms with Gasteiger partial charge in [-0.2, -0.15) is 0 Å². The van der Waals surface area contributed by atoms with Crippen LogP contribution in [-0.4, -0.2) is 90.2 Å². The molecular weight excluding hydrogens is 438 g/mol. The zero-order valence-corrected chi connectivity index (χ0v) is 19.2. The number of para-hydroxylation sites is 1. The largest absolute Gasteiger partial charge is 0.459 e. The topological polar surface area (TPSA) is 115 Å². The number of rotatable bonds is 6. The van der Waals surface area contributed by atoms with Gasteiger partial charge in [0.1, 0.15) is 6.04 Å². The highest BCUT2D eigenvalue weighted by molar-refractivity contribution is 5.98. The van der Waals surface area contributed by atoms with Crippen molar-refractivity contribution < 1.29 is 23.6 Å². The van der Waals surface area contributed by atoms with Crippen LogP contribution in [0.1, 0.15) is 22.5 Å². The second-order valence-corrected chi connectivity index (χ2v) is 8.51. The Labute approximate surface area is 197 Å². The molecule has 2 aliphatic rings. The first-order chi connectivity index (χ1) is 16.4. The second kappa shape index (κ2) is 10.5. The van der Waals surface area contributed by atoms with Crippen molar-refractivity contribution >= 4 is 29.3 Å². The molecule has 0 unspecified atom stereocenters. The van der Waals surface area contributed by atoms with E-state index in [1.807, 2.05) is 30.0 Å². The van der Waals surface area contributed by atoms with E-state index in [9.17, 15) is 19.2 Å². The summed E-state index contributed by atoms with van der Waals surface area (Å²) in [4.78, 5) is 55.9. The van der Waals surface area contributed by atoms with Gasteiger partial charge >= 0.3 is 0 Å². The Morgan fingerprint density at radius 2 is 1.82 bits per heavy atom. The van der Waals surface area contributed by atoms with E-state index in [0.717, 1.165) is 5.56 Å². The van der Waals surface area contributed by atoms with Gasteiger partial charge < -0.3 is 24.9 Å². The zero-order chi connectivity index (χ0) is 24.1. The zero-order valence-electron chi connectivity index (χ0n) is 19.2. The van der Waals surface area contributed by atoms with Gasteiger partial charge in [0.05, 0.1) is 19.2 Å². The summed E-state index contributed by atoms with van der Waals surface area (Å²) in [6.07, 6.45) is 1.35. The maximum atomic E-state index is 13.1. The molecule has 0 saturated carbocycles. The van der Waals surface area contributed by atoms with Crippen LogP contribution in [0.5, 0.6) is 0 Å². The number of nitrogens with one attached hydrogen (secondary N) is 2. The van der Waals surface area contributed by atoms with Crippen LogP contribution in [0.2, 0.25) is 0 Å². The van der Waals surface area contributed by atoms with Crippen LogP contribution in [0.3, 0.4) is 0 Å². The number of amides is 4. The van der Waals surface area contributed by atoms with Gasteiger partial charge in [0.25, 0.3) is 5.91 Å². The van der Waals surface area contributed by atoms with E-state index in [0.29, 0.717) is 50.7 Å². The third-order valence-electron chi connectivity index (χ3n) is 6.20. The van der Waals surface area contributed by atoms with Gasteiger partial charge in [-0.05, 0) is 30.7 Å². The molecule has 34 heavy (non-hydrogen) atoms. The van der Waals surface area contributed by atoms with E-state index in [4.69, 9.17) is 4.42 Å². The smallest absolute Gasteiger partial charge is 0.289 e. The van der Waals surface area contributed by atoms with E-state index < -0.39 is 6.04 Å². The van der Waals surface area contributed by atoms with Crippen molar-refractivity contribution in [3.8, 4) is 0 Å². The van der Waals surface area contributed by atoms with Crippen molar-refractivity contribution in [1.82, 2.24) is 20.0 Å². The van der Waals surface area contributed by atoms with E-state index in [2.05, 4.69) is 10.6 Å². The summed E-state index contributed by atoms with van der Waals surface area (Å²) in [7, 11) is 0. The molecule has 0 radical (unpaired) electrons. The number of benzene rings is 1. The molecule has 4 rings (SSSR count). The van der Waals surface area contributed by atoms with Gasteiger partial charge in [-0.15, -0.1) is 0 Å². The first-order valence-electron chi connectivity index (χ1n) is 11.4. The number of carbonyl (C=O) groups is 4. The predicted octanol–water partition coefficient (Wildman–Crippen LogP) is 0.702. The summed E-state index contributed by atoms with van der Waals surface area (Å²) in [5.74, 6) is -0.707. The summed E-state index contributed by atoms with van der Waals surface area (Å²) >= 11 is 0. The van der Waals surface area contributed by atoms with Crippen LogP contribution in [0.25, 0.3) is 0 Å². The van der Waals surface area contributed by atoms with Crippen molar-refractivity contribution in [2.45, 2.75) is 19.4 Å². The van der Waals surface area contributed by atoms with Crippen LogP contribution in [0.4, 0.5) is 5.69 Å². The molecule has 0 aliphatic carbocycles. The minimum atomic E-state index is -0.855. The Morgan fingerprint density at radius 1 is 1.06 bits per heavy atom. The molecule has 1 atom stereocenters. The first-order valence-corrected chi connectivity index (χ1v) is 11.4. The highest BCUT2D eigenvalue weighted by Crippen LogP contribution is 2.16. The minimum Gasteiger partial charge on any atom is -0.459 e. The summed E-state index contributed by atoms with van der Waals surface area (Å²) in [6, 6.07) is 9.85. The maximum absolute atomic E-state index is 13.1. The SMILES string of the molecule is Cc1ccccc1NC(=O)C[C@H]1C(=O)NCCN1C(=O)CN1CCN(C(=O)c2ccco2)CC1. The lowest BCUT2D eigenvalue weighted by Crippen LogP contribution is -2.60. The number of furan rings is 1. The van der Waals surface area contributed by atoms with Gasteiger partial charge in [-0.25, -0.2) is 0 Å². The van der Waals surface area contributed by atoms with Crippen molar-refractivity contribution in [2.24, 2.45) is 0 Å². The van der Waals surface area contributed by atoms with Gasteiger partial charge in [-0.1, -0.05) is 18.2 Å². The van der Waals surface area contributed by atoms with Gasteiger partial charge in [0.15, 0.2) is 5.76 Å². The fourth-order valence-corrected chi connectivity index (χ4v) is 4.25. The predicted molar refractivity (Wildman–Crippen MR) is 124 cm³/mol. The van der Waals surface area contributed by atoms with Gasteiger partial charge in [0.2, 0.25) is 17.7 Å². The fourth-order valence-electron chi connectivity index (χ4n) is 4.25. The van der Waals surface area contributed by atoms with Crippen LogP contribution in [0, 0.1) is 6.92 Å². The third kappa shape index (κ3) is 5.45. The number of anilines is 1. The van der Waals surface area contributed by atoms with Crippen molar-refractivity contribution in [2.75, 3.05) is 51.1 Å². The highest BCUT2D eigenvalue weighted by Gasteiger charge is 2.35. The van der Waals surface area contributed by atoms with E-state index in [-0.39, 0.29) is 36.6 Å². The minimum absolute atomic E-state index is 0.114. The van der Waals surface area contributed by atoms with Gasteiger partial charge in [-0.3, -0.25) is 24.1 Å². The number of carbonyl (C=O) groups excluding carboxylic acids is 4. The normalized spacial score (nSPS) is 19.0. The molecule has 2 saturated heterocycles. The number of piperazine rings is 2. The quantitative estimate of drug-likeness (QED) is 0.646. The molecule has 2 aromatic rings. The van der Waals surface area contributed by atoms with Crippen LogP contribution in [-0.2, 0) is 14.4 Å². The lowest BCUT2D eigenvalue weighted by atomic mass is 10.1. The second-order valence-electron chi connectivity index (χ2n) is 8.51. The molecule has 0 bridgehead atoms. The number of hydrogen-bond donors (Lipinski definition) is 2. The summed E-state index contributed by atoms with van der Waals surface area (Å²) in [5.41, 5.74) is 1.60. The molecule has 10 heteroatoms. The molecule has 2 fully saturated rings. The third-order valence-corrected chi connectivity index (χ3v) is 6.20. The van der Waals surface area contributed by atoms with Crippen molar-refractivity contribution in [3.63, 3.8) is 0 Å². The van der Waals surface area contributed by atoms with Crippen LogP contribution >= 0.6 is 0 Å². The Kier molecular flexibility index (Phi) is 7.27. The average Bonchev–Trinajstić information content (AvgIpc) is 3.37. The first kappa shape index (κ1) is 23.5. The lowest BCUT2D eigenvalue weighted by Gasteiger charge is -2.38. The maximum Gasteiger partial charge on any atom is 0.289 e. The average molecular weight is 468 g/mol. The molecule has 2 aliphatic heterocycles. The lowest BCUT2D eigenvalue weighted by molar-refractivity contribution is -0.145. The van der Waals surface area contributed by atoms with Crippen molar-refractivity contribution in [1.29, 1.82) is 0 Å². The Hall–Kier alpha value is -3.66. The van der Waals surface area contributed by atoms with E-state index in [1.165, 1.54) is 11.2 Å². The molecule has 1 aromatic carbocycles. The number of aryl methyl sites for hydroxylation is 1. The van der Waals surface area contributed by atoms with Crippen molar-refractivity contribution in [3.05, 3.63) is 54.0 Å². The molecule has 4 amide bonds. The Bertz CT molecular complexity index is 1050. The summed E-state index contributed by atoms with van der Waals surface area (Å²) < 4.78 is 5.18. The van der Waals surface area contributed by atoms with E-state index in [1.54, 1.807) is 23.1 Å². The Balaban J connectivity index is 1.32. The molecule has 2 N–H and O–H groups in total.